The molecular formula is C8H13NO3. The molecule has 1 fully saturated rings. The van der Waals surface area contributed by atoms with Crippen LogP contribution in [0.25, 0.3) is 0 Å². The predicted molar refractivity (Wildman–Crippen MR) is 42.4 cm³/mol. The maximum atomic E-state index is 11.2. The molecule has 1 heterocycles. The molecule has 1 atom stereocenters. The van der Waals surface area contributed by atoms with Gasteiger partial charge in [0.25, 0.3) is 0 Å². The van der Waals surface area contributed by atoms with Gasteiger partial charge in [-0.15, -0.1) is 0 Å². The lowest BCUT2D eigenvalue weighted by molar-refractivity contribution is -0.157. The Hall–Kier alpha value is -1.06. The number of hydrogen-bond donors (Lipinski definition) is 0. The fourth-order valence-corrected chi connectivity index (χ4v) is 1.34. The number of hydrogen-bond acceptors (Lipinski definition) is 3. The first-order valence-corrected chi connectivity index (χ1v) is 4.02. The Morgan fingerprint density at radius 1 is 1.50 bits per heavy atom. The van der Waals surface area contributed by atoms with Crippen molar-refractivity contribution in [2.24, 2.45) is 5.92 Å². The molecule has 0 aromatic heterocycles. The van der Waals surface area contributed by atoms with Gasteiger partial charge < -0.3 is 9.64 Å². The van der Waals surface area contributed by atoms with E-state index in [1.165, 1.54) is 12.0 Å². The van der Waals surface area contributed by atoms with E-state index >= 15 is 0 Å². The molecule has 1 saturated heterocycles. The zero-order valence-corrected chi connectivity index (χ0v) is 7.37. The largest absolute Gasteiger partial charge is 0.462 e. The maximum absolute atomic E-state index is 11.2. The van der Waals surface area contributed by atoms with Crippen LogP contribution >= 0.6 is 0 Å². The number of nitrogens with zero attached hydrogens (tertiary/aromatic N) is 1. The SMILES string of the molecule is COC(=O)C(=O)N1CCC(C)C1. The van der Waals surface area contributed by atoms with Gasteiger partial charge in [0.2, 0.25) is 0 Å². The van der Waals surface area contributed by atoms with E-state index in [2.05, 4.69) is 11.7 Å². The molecule has 1 amide bonds. The Bertz CT molecular complexity index is 202. The number of amides is 1. The van der Waals surface area contributed by atoms with E-state index in [4.69, 9.17) is 0 Å². The molecule has 1 aliphatic heterocycles. The van der Waals surface area contributed by atoms with E-state index in [0.717, 1.165) is 6.42 Å². The van der Waals surface area contributed by atoms with E-state index in [0.29, 0.717) is 19.0 Å². The van der Waals surface area contributed by atoms with Crippen LogP contribution in [-0.2, 0) is 14.3 Å². The monoisotopic (exact) mass is 171 g/mol. The van der Waals surface area contributed by atoms with Gasteiger partial charge >= 0.3 is 11.9 Å². The third kappa shape index (κ3) is 1.75. The molecule has 0 aromatic rings. The molecule has 0 saturated carbocycles. The minimum Gasteiger partial charge on any atom is -0.462 e. The Morgan fingerprint density at radius 3 is 2.58 bits per heavy atom. The fraction of sp³-hybridized carbons (Fsp3) is 0.750. The molecule has 1 aliphatic rings. The normalized spacial score (nSPS) is 22.5. The number of carbonyl (C=O) groups is 2. The molecule has 0 aromatic carbocycles. The molecule has 0 spiro atoms. The lowest BCUT2D eigenvalue weighted by Gasteiger charge is -2.13. The van der Waals surface area contributed by atoms with Crippen molar-refractivity contribution in [3.8, 4) is 0 Å². The molecule has 1 unspecified atom stereocenters. The van der Waals surface area contributed by atoms with Crippen molar-refractivity contribution in [1.29, 1.82) is 0 Å². The van der Waals surface area contributed by atoms with Crippen LogP contribution in [0.3, 0.4) is 0 Å². The average molecular weight is 171 g/mol. The van der Waals surface area contributed by atoms with Crippen LogP contribution in [0.5, 0.6) is 0 Å². The summed E-state index contributed by atoms with van der Waals surface area (Å²) in [7, 11) is 1.22. The average Bonchev–Trinajstić information content (AvgIpc) is 2.49. The van der Waals surface area contributed by atoms with Crippen LogP contribution in [-0.4, -0.2) is 37.0 Å². The number of ether oxygens (including phenoxy) is 1. The lowest BCUT2D eigenvalue weighted by Crippen LogP contribution is -2.35. The van der Waals surface area contributed by atoms with Gasteiger partial charge in [-0.05, 0) is 12.3 Å². The van der Waals surface area contributed by atoms with Gasteiger partial charge in [0.1, 0.15) is 0 Å². The summed E-state index contributed by atoms with van der Waals surface area (Å²) in [4.78, 5) is 23.5. The Kier molecular flexibility index (Phi) is 2.68. The molecule has 68 valence electrons. The molecule has 0 N–H and O–H groups in total. The molecule has 0 radical (unpaired) electrons. The first-order valence-electron chi connectivity index (χ1n) is 4.02. The third-order valence-electron chi connectivity index (χ3n) is 2.07. The summed E-state index contributed by atoms with van der Waals surface area (Å²) in [5, 5.41) is 0. The highest BCUT2D eigenvalue weighted by atomic mass is 16.5. The van der Waals surface area contributed by atoms with Gasteiger partial charge in [0, 0.05) is 13.1 Å². The number of carbonyl (C=O) groups excluding carboxylic acids is 2. The highest BCUT2D eigenvalue weighted by Crippen LogP contribution is 2.14. The van der Waals surface area contributed by atoms with Crippen molar-refractivity contribution in [2.45, 2.75) is 13.3 Å². The lowest BCUT2D eigenvalue weighted by atomic mass is 10.2. The van der Waals surface area contributed by atoms with Crippen molar-refractivity contribution >= 4 is 11.9 Å². The number of esters is 1. The van der Waals surface area contributed by atoms with Gasteiger partial charge in [-0.25, -0.2) is 4.79 Å². The second kappa shape index (κ2) is 3.56. The second-order valence-corrected chi connectivity index (χ2v) is 3.14. The topological polar surface area (TPSA) is 46.6 Å². The molecule has 12 heavy (non-hydrogen) atoms. The maximum Gasteiger partial charge on any atom is 0.396 e. The van der Waals surface area contributed by atoms with E-state index < -0.39 is 11.9 Å². The molecule has 4 nitrogen and oxygen atoms in total. The minimum absolute atomic E-state index is 0.499. The van der Waals surface area contributed by atoms with Crippen LogP contribution in [0.2, 0.25) is 0 Å². The van der Waals surface area contributed by atoms with Crippen molar-refractivity contribution in [1.82, 2.24) is 4.90 Å². The van der Waals surface area contributed by atoms with Crippen LogP contribution in [0.4, 0.5) is 0 Å². The molecule has 4 heteroatoms. The third-order valence-corrected chi connectivity index (χ3v) is 2.07. The van der Waals surface area contributed by atoms with Gasteiger partial charge in [0.15, 0.2) is 0 Å². The zero-order chi connectivity index (χ0) is 9.14. The van der Waals surface area contributed by atoms with Gasteiger partial charge in [0.05, 0.1) is 7.11 Å². The smallest absolute Gasteiger partial charge is 0.396 e. The summed E-state index contributed by atoms with van der Waals surface area (Å²) in [5.41, 5.74) is 0. The van der Waals surface area contributed by atoms with Crippen molar-refractivity contribution in [3.63, 3.8) is 0 Å². The summed E-state index contributed by atoms with van der Waals surface area (Å²) in [5.74, 6) is -0.774. The standard InChI is InChI=1S/C8H13NO3/c1-6-3-4-9(5-6)7(10)8(11)12-2/h6H,3-5H2,1-2H3. The van der Waals surface area contributed by atoms with Crippen molar-refractivity contribution < 1.29 is 14.3 Å². The fourth-order valence-electron chi connectivity index (χ4n) is 1.34. The summed E-state index contributed by atoms with van der Waals surface area (Å²) in [6.45, 7) is 3.41. The summed E-state index contributed by atoms with van der Waals surface area (Å²) < 4.78 is 4.33. The highest BCUT2D eigenvalue weighted by molar-refractivity contribution is 6.32. The van der Waals surface area contributed by atoms with Crippen LogP contribution in [0.15, 0.2) is 0 Å². The predicted octanol–water partition coefficient (Wildman–Crippen LogP) is 0.0278. The minimum atomic E-state index is -0.760. The van der Waals surface area contributed by atoms with Gasteiger partial charge in [-0.1, -0.05) is 6.92 Å². The molecule has 0 aliphatic carbocycles. The van der Waals surface area contributed by atoms with E-state index in [9.17, 15) is 9.59 Å². The van der Waals surface area contributed by atoms with E-state index in [1.54, 1.807) is 0 Å². The van der Waals surface area contributed by atoms with Gasteiger partial charge in [-0.3, -0.25) is 4.79 Å². The molecular weight excluding hydrogens is 158 g/mol. The van der Waals surface area contributed by atoms with Gasteiger partial charge in [-0.2, -0.15) is 0 Å². The summed E-state index contributed by atoms with van der Waals surface area (Å²) in [6.07, 6.45) is 0.975. The Morgan fingerprint density at radius 2 is 2.17 bits per heavy atom. The van der Waals surface area contributed by atoms with Crippen molar-refractivity contribution in [2.75, 3.05) is 20.2 Å². The van der Waals surface area contributed by atoms with E-state index in [1.807, 2.05) is 0 Å². The molecule has 1 rings (SSSR count). The zero-order valence-electron chi connectivity index (χ0n) is 7.37. The van der Waals surface area contributed by atoms with Crippen LogP contribution in [0, 0.1) is 5.92 Å². The first-order chi connectivity index (χ1) is 5.65. The number of rotatable bonds is 0. The Labute approximate surface area is 71.5 Å². The summed E-state index contributed by atoms with van der Waals surface area (Å²) >= 11 is 0. The van der Waals surface area contributed by atoms with Crippen molar-refractivity contribution in [3.05, 3.63) is 0 Å². The number of methoxy groups -OCH3 is 1. The quantitative estimate of drug-likeness (QED) is 0.381. The Balaban J connectivity index is 2.48. The number of likely N-dealkylation sites (tertiary alicyclic amines) is 1. The highest BCUT2D eigenvalue weighted by Gasteiger charge is 2.28. The summed E-state index contributed by atoms with van der Waals surface area (Å²) in [6, 6.07) is 0. The molecule has 0 bridgehead atoms. The second-order valence-electron chi connectivity index (χ2n) is 3.14. The van der Waals surface area contributed by atoms with E-state index in [-0.39, 0.29) is 0 Å². The first kappa shape index (κ1) is 9.03. The van der Waals surface area contributed by atoms with Crippen LogP contribution in [0.1, 0.15) is 13.3 Å². The van der Waals surface area contributed by atoms with Crippen LogP contribution < -0.4 is 0 Å².